The van der Waals surface area contributed by atoms with Crippen molar-refractivity contribution in [3.8, 4) is 5.75 Å². The van der Waals surface area contributed by atoms with Gasteiger partial charge < -0.3 is 15.0 Å². The molecule has 5 heteroatoms. The number of hydrogen-bond donors (Lipinski definition) is 1. The van der Waals surface area contributed by atoms with Gasteiger partial charge in [0.1, 0.15) is 11.8 Å². The first-order valence-corrected chi connectivity index (χ1v) is 12.3. The molecule has 0 bridgehead atoms. The van der Waals surface area contributed by atoms with Gasteiger partial charge in [0, 0.05) is 18.0 Å². The maximum Gasteiger partial charge on any atom is 0.261 e. The van der Waals surface area contributed by atoms with Gasteiger partial charge in [-0.25, -0.2) is 0 Å². The molecular formula is C29H34N2O3. The van der Waals surface area contributed by atoms with Gasteiger partial charge in [-0.15, -0.1) is 0 Å². The Morgan fingerprint density at radius 3 is 2.47 bits per heavy atom. The number of rotatable bonds is 9. The molecule has 0 aromatic heterocycles. The Labute approximate surface area is 202 Å². The van der Waals surface area contributed by atoms with Gasteiger partial charge in [-0.3, -0.25) is 9.59 Å². The van der Waals surface area contributed by atoms with Gasteiger partial charge in [0.25, 0.3) is 5.91 Å². The number of aryl methyl sites for hydroxylation is 1. The number of benzene rings is 3. The number of nitrogens with one attached hydrogen (secondary N) is 1. The highest BCUT2D eigenvalue weighted by atomic mass is 16.5. The molecule has 1 atom stereocenters. The van der Waals surface area contributed by atoms with Gasteiger partial charge in [0.05, 0.1) is 0 Å². The Balaban J connectivity index is 1.55. The van der Waals surface area contributed by atoms with Crippen LogP contribution in [0.3, 0.4) is 0 Å². The van der Waals surface area contributed by atoms with Gasteiger partial charge in [0.15, 0.2) is 6.61 Å². The van der Waals surface area contributed by atoms with Crippen molar-refractivity contribution in [1.29, 1.82) is 0 Å². The molecule has 178 valence electrons. The van der Waals surface area contributed by atoms with Crippen LogP contribution in [0, 0.1) is 6.92 Å². The zero-order valence-corrected chi connectivity index (χ0v) is 20.1. The number of amides is 2. The van der Waals surface area contributed by atoms with Crippen molar-refractivity contribution in [3.05, 3.63) is 77.9 Å². The third-order valence-corrected chi connectivity index (χ3v) is 6.79. The maximum absolute atomic E-state index is 13.5. The molecule has 0 spiro atoms. The lowest BCUT2D eigenvalue weighted by Crippen LogP contribution is -2.52. The second-order valence-electron chi connectivity index (χ2n) is 9.13. The third-order valence-electron chi connectivity index (χ3n) is 6.79. The van der Waals surface area contributed by atoms with Crippen LogP contribution in [0.25, 0.3) is 10.8 Å². The Hall–Kier alpha value is -3.34. The van der Waals surface area contributed by atoms with E-state index in [9.17, 15) is 9.59 Å². The molecule has 0 radical (unpaired) electrons. The first-order valence-electron chi connectivity index (χ1n) is 12.3. The highest BCUT2D eigenvalue weighted by Crippen LogP contribution is 2.26. The van der Waals surface area contributed by atoms with E-state index in [0.29, 0.717) is 18.7 Å². The van der Waals surface area contributed by atoms with Crippen LogP contribution < -0.4 is 10.1 Å². The Morgan fingerprint density at radius 2 is 1.71 bits per heavy atom. The molecule has 0 saturated heterocycles. The van der Waals surface area contributed by atoms with Crippen molar-refractivity contribution in [1.82, 2.24) is 10.2 Å². The van der Waals surface area contributed by atoms with E-state index in [-0.39, 0.29) is 24.5 Å². The topological polar surface area (TPSA) is 58.6 Å². The molecule has 34 heavy (non-hydrogen) atoms. The first-order chi connectivity index (χ1) is 16.6. The smallest absolute Gasteiger partial charge is 0.261 e. The minimum Gasteiger partial charge on any atom is -0.483 e. The summed E-state index contributed by atoms with van der Waals surface area (Å²) in [5.41, 5.74) is 2.13. The molecule has 0 heterocycles. The van der Waals surface area contributed by atoms with E-state index in [1.54, 1.807) is 4.90 Å². The summed E-state index contributed by atoms with van der Waals surface area (Å²) in [6, 6.07) is 21.5. The average Bonchev–Trinajstić information content (AvgIpc) is 3.36. The minimum absolute atomic E-state index is 0.0681. The summed E-state index contributed by atoms with van der Waals surface area (Å²) in [5, 5.41) is 5.22. The number of hydrogen-bond acceptors (Lipinski definition) is 3. The van der Waals surface area contributed by atoms with E-state index < -0.39 is 6.04 Å². The summed E-state index contributed by atoms with van der Waals surface area (Å²) >= 11 is 0. The van der Waals surface area contributed by atoms with Crippen LogP contribution >= 0.6 is 0 Å². The highest BCUT2D eigenvalue weighted by molar-refractivity contribution is 5.90. The standard InChI is InChI=1S/C29H34N2O3/c1-3-26(29(33)30-24-15-7-8-16-24)31(19-23-13-5-4-11-21(23)2)28(32)20-34-27-18-10-14-22-12-6-9-17-25(22)27/h4-6,9-14,17-18,24,26H,3,7-8,15-16,19-20H2,1-2H3,(H,30,33)/t26-/m0/s1. The Kier molecular flexibility index (Phi) is 7.84. The van der Waals surface area contributed by atoms with E-state index in [1.165, 1.54) is 0 Å². The molecule has 1 aliphatic rings. The predicted molar refractivity (Wildman–Crippen MR) is 136 cm³/mol. The van der Waals surface area contributed by atoms with Crippen LogP contribution in [0.1, 0.15) is 50.2 Å². The summed E-state index contributed by atoms with van der Waals surface area (Å²) in [7, 11) is 0. The van der Waals surface area contributed by atoms with Crippen molar-refractivity contribution in [2.45, 2.75) is 64.6 Å². The molecule has 0 aliphatic heterocycles. The average molecular weight is 459 g/mol. The molecular weight excluding hydrogens is 424 g/mol. The summed E-state index contributed by atoms with van der Waals surface area (Å²) in [5.74, 6) is 0.414. The predicted octanol–water partition coefficient (Wildman–Crippen LogP) is 5.39. The quantitative estimate of drug-likeness (QED) is 0.467. The lowest BCUT2D eigenvalue weighted by Gasteiger charge is -2.32. The lowest BCUT2D eigenvalue weighted by molar-refractivity contribution is -0.143. The zero-order valence-electron chi connectivity index (χ0n) is 20.1. The van der Waals surface area contributed by atoms with Crippen LogP contribution in [-0.2, 0) is 16.1 Å². The fraction of sp³-hybridized carbons (Fsp3) is 0.379. The number of carbonyl (C=O) groups excluding carboxylic acids is 2. The molecule has 3 aromatic rings. The Bertz CT molecular complexity index is 1130. The monoisotopic (exact) mass is 458 g/mol. The lowest BCUT2D eigenvalue weighted by atomic mass is 10.1. The van der Waals surface area contributed by atoms with Gasteiger partial charge in [-0.1, -0.05) is 80.4 Å². The van der Waals surface area contributed by atoms with E-state index in [1.807, 2.05) is 80.6 Å². The second-order valence-corrected chi connectivity index (χ2v) is 9.13. The Morgan fingerprint density at radius 1 is 1.00 bits per heavy atom. The van der Waals surface area contributed by atoms with Crippen molar-refractivity contribution < 1.29 is 14.3 Å². The normalized spacial score (nSPS) is 14.6. The van der Waals surface area contributed by atoms with Gasteiger partial charge >= 0.3 is 0 Å². The number of carbonyl (C=O) groups is 2. The van der Waals surface area contributed by atoms with E-state index in [2.05, 4.69) is 5.32 Å². The van der Waals surface area contributed by atoms with Crippen LogP contribution in [0.2, 0.25) is 0 Å². The molecule has 5 nitrogen and oxygen atoms in total. The van der Waals surface area contributed by atoms with Gasteiger partial charge in [-0.05, 0) is 48.8 Å². The summed E-state index contributed by atoms with van der Waals surface area (Å²) in [4.78, 5) is 28.5. The summed E-state index contributed by atoms with van der Waals surface area (Å²) in [6.45, 7) is 4.25. The van der Waals surface area contributed by atoms with E-state index in [4.69, 9.17) is 4.74 Å². The molecule has 1 fully saturated rings. The van der Waals surface area contributed by atoms with Crippen LogP contribution in [0.5, 0.6) is 5.75 Å². The molecule has 2 amide bonds. The van der Waals surface area contributed by atoms with Crippen LogP contribution in [0.15, 0.2) is 66.7 Å². The van der Waals surface area contributed by atoms with E-state index in [0.717, 1.165) is 47.6 Å². The van der Waals surface area contributed by atoms with Gasteiger partial charge in [0.2, 0.25) is 5.91 Å². The fourth-order valence-corrected chi connectivity index (χ4v) is 4.80. The molecule has 0 unspecified atom stereocenters. The molecule has 1 saturated carbocycles. The third kappa shape index (κ3) is 5.58. The SMILES string of the molecule is CC[C@@H](C(=O)NC1CCCC1)N(Cc1ccccc1C)C(=O)COc1cccc2ccccc12. The largest absolute Gasteiger partial charge is 0.483 e. The molecule has 3 aromatic carbocycles. The maximum atomic E-state index is 13.5. The summed E-state index contributed by atoms with van der Waals surface area (Å²) < 4.78 is 6.01. The fourth-order valence-electron chi connectivity index (χ4n) is 4.80. The first kappa shape index (κ1) is 23.8. The summed E-state index contributed by atoms with van der Waals surface area (Å²) in [6.07, 6.45) is 4.86. The highest BCUT2D eigenvalue weighted by Gasteiger charge is 2.31. The van der Waals surface area contributed by atoms with Gasteiger partial charge in [-0.2, -0.15) is 0 Å². The number of nitrogens with zero attached hydrogens (tertiary/aromatic N) is 1. The molecule has 1 aliphatic carbocycles. The van der Waals surface area contributed by atoms with Crippen LogP contribution in [0.4, 0.5) is 0 Å². The number of ether oxygens (including phenoxy) is 1. The van der Waals surface area contributed by atoms with Crippen molar-refractivity contribution >= 4 is 22.6 Å². The van der Waals surface area contributed by atoms with Crippen molar-refractivity contribution in [3.63, 3.8) is 0 Å². The van der Waals surface area contributed by atoms with Crippen molar-refractivity contribution in [2.75, 3.05) is 6.61 Å². The molecule has 4 rings (SSSR count). The second kappa shape index (κ2) is 11.2. The van der Waals surface area contributed by atoms with E-state index >= 15 is 0 Å². The zero-order chi connectivity index (χ0) is 23.9. The van der Waals surface area contributed by atoms with Crippen molar-refractivity contribution in [2.24, 2.45) is 0 Å². The molecule has 1 N–H and O–H groups in total. The minimum atomic E-state index is -0.538. The van der Waals surface area contributed by atoms with Crippen LogP contribution in [-0.4, -0.2) is 35.4 Å². The number of fused-ring (bicyclic) bond motifs is 1.